The molecule has 0 aliphatic heterocycles. The first-order valence-electron chi connectivity index (χ1n) is 7.85. The molecule has 3 aromatic rings. The minimum atomic E-state index is 0. The molecule has 3 rings (SSSR count). The van der Waals surface area contributed by atoms with E-state index in [0.717, 1.165) is 18.7 Å². The average Bonchev–Trinajstić information content (AvgIpc) is 3.10. The summed E-state index contributed by atoms with van der Waals surface area (Å²) in [5.41, 5.74) is 3.49. The number of ether oxygens (including phenoxy) is 1. The van der Waals surface area contributed by atoms with E-state index < -0.39 is 0 Å². The number of hydrogen-bond donors (Lipinski definition) is 2. The molecular weight excluding hydrogens is 338 g/mol. The lowest BCUT2D eigenvalue weighted by Crippen LogP contribution is -2.12. The van der Waals surface area contributed by atoms with Gasteiger partial charge in [-0.1, -0.05) is 30.3 Å². The normalized spacial score (nSPS) is 10.3. The number of phenols is 1. The van der Waals surface area contributed by atoms with Gasteiger partial charge in [0.25, 0.3) is 0 Å². The fraction of sp³-hybridized carbons (Fsp3) is 0.211. The Hall–Kier alpha value is -2.50. The van der Waals surface area contributed by atoms with Crippen LogP contribution in [0, 0.1) is 0 Å². The number of halogens is 1. The van der Waals surface area contributed by atoms with E-state index in [-0.39, 0.29) is 18.2 Å². The molecule has 0 saturated carbocycles. The molecule has 0 spiro atoms. The van der Waals surface area contributed by atoms with E-state index in [1.165, 1.54) is 11.1 Å². The van der Waals surface area contributed by atoms with Crippen LogP contribution in [-0.4, -0.2) is 21.8 Å². The van der Waals surface area contributed by atoms with Crippen molar-refractivity contribution in [1.82, 2.24) is 14.9 Å². The Kier molecular flexibility index (Phi) is 6.86. The van der Waals surface area contributed by atoms with Gasteiger partial charge >= 0.3 is 0 Å². The summed E-state index contributed by atoms with van der Waals surface area (Å²) >= 11 is 0. The van der Waals surface area contributed by atoms with E-state index >= 15 is 0 Å². The minimum absolute atomic E-state index is 0. The largest absolute Gasteiger partial charge is 0.504 e. The van der Waals surface area contributed by atoms with Gasteiger partial charge in [-0.05, 0) is 28.8 Å². The molecule has 25 heavy (non-hydrogen) atoms. The lowest BCUT2D eigenvalue weighted by atomic mass is 10.1. The first-order chi connectivity index (χ1) is 11.7. The van der Waals surface area contributed by atoms with Crippen molar-refractivity contribution >= 4 is 12.4 Å². The Labute approximate surface area is 153 Å². The molecule has 0 aliphatic rings. The van der Waals surface area contributed by atoms with Gasteiger partial charge in [0.2, 0.25) is 0 Å². The maximum absolute atomic E-state index is 9.78. The van der Waals surface area contributed by atoms with Gasteiger partial charge in [-0.3, -0.25) is 0 Å². The zero-order chi connectivity index (χ0) is 16.8. The number of imidazole rings is 1. The van der Waals surface area contributed by atoms with Crippen molar-refractivity contribution in [3.05, 3.63) is 77.9 Å². The second-order valence-corrected chi connectivity index (χ2v) is 5.66. The van der Waals surface area contributed by atoms with Gasteiger partial charge in [0, 0.05) is 32.0 Å². The van der Waals surface area contributed by atoms with Crippen molar-refractivity contribution in [3.63, 3.8) is 0 Å². The third-order valence-corrected chi connectivity index (χ3v) is 3.85. The molecule has 1 aromatic heterocycles. The van der Waals surface area contributed by atoms with Crippen molar-refractivity contribution < 1.29 is 9.84 Å². The number of methoxy groups -OCH3 is 1. The van der Waals surface area contributed by atoms with E-state index in [4.69, 9.17) is 4.74 Å². The summed E-state index contributed by atoms with van der Waals surface area (Å²) in [5, 5.41) is 13.2. The molecule has 0 atom stereocenters. The molecule has 0 saturated heterocycles. The quantitative estimate of drug-likeness (QED) is 0.679. The van der Waals surface area contributed by atoms with E-state index in [0.29, 0.717) is 12.3 Å². The van der Waals surface area contributed by atoms with Crippen LogP contribution in [0.1, 0.15) is 16.7 Å². The molecule has 0 amide bonds. The Morgan fingerprint density at radius 2 is 1.72 bits per heavy atom. The van der Waals surface area contributed by atoms with E-state index in [1.807, 2.05) is 23.2 Å². The van der Waals surface area contributed by atoms with Crippen molar-refractivity contribution in [1.29, 1.82) is 0 Å². The topological polar surface area (TPSA) is 59.3 Å². The Balaban J connectivity index is 0.00000225. The van der Waals surface area contributed by atoms with Crippen LogP contribution < -0.4 is 10.1 Å². The summed E-state index contributed by atoms with van der Waals surface area (Å²) in [5.74, 6) is 0.660. The van der Waals surface area contributed by atoms with Gasteiger partial charge in [-0.15, -0.1) is 12.4 Å². The molecule has 0 radical (unpaired) electrons. The SMILES string of the molecule is COc1ccc(CNCc2ccc(Cn3ccnc3)cc2)cc1O.Cl. The summed E-state index contributed by atoms with van der Waals surface area (Å²) < 4.78 is 7.09. The number of aromatic hydroxyl groups is 1. The summed E-state index contributed by atoms with van der Waals surface area (Å²) in [6, 6.07) is 14.0. The second-order valence-electron chi connectivity index (χ2n) is 5.66. The number of aromatic nitrogens is 2. The molecule has 2 aromatic carbocycles. The van der Waals surface area contributed by atoms with Crippen molar-refractivity contribution in [3.8, 4) is 11.5 Å². The monoisotopic (exact) mass is 359 g/mol. The number of benzene rings is 2. The fourth-order valence-corrected chi connectivity index (χ4v) is 2.55. The van der Waals surface area contributed by atoms with Crippen LogP contribution in [0.3, 0.4) is 0 Å². The van der Waals surface area contributed by atoms with Gasteiger partial charge in [-0.25, -0.2) is 4.98 Å². The van der Waals surface area contributed by atoms with Crippen LogP contribution in [0.25, 0.3) is 0 Å². The number of nitrogens with one attached hydrogen (secondary N) is 1. The van der Waals surface area contributed by atoms with Gasteiger partial charge in [0.1, 0.15) is 0 Å². The predicted molar refractivity (Wildman–Crippen MR) is 100 cm³/mol. The highest BCUT2D eigenvalue weighted by molar-refractivity contribution is 5.85. The van der Waals surface area contributed by atoms with Crippen molar-refractivity contribution in [2.24, 2.45) is 0 Å². The zero-order valence-corrected chi connectivity index (χ0v) is 14.9. The number of nitrogens with zero attached hydrogens (tertiary/aromatic N) is 2. The van der Waals surface area contributed by atoms with Crippen LogP contribution in [0.2, 0.25) is 0 Å². The molecule has 0 bridgehead atoms. The highest BCUT2D eigenvalue weighted by Crippen LogP contribution is 2.26. The molecule has 5 nitrogen and oxygen atoms in total. The van der Waals surface area contributed by atoms with Crippen LogP contribution in [-0.2, 0) is 19.6 Å². The Bertz CT molecular complexity index is 774. The third-order valence-electron chi connectivity index (χ3n) is 3.85. The Morgan fingerprint density at radius 1 is 1.04 bits per heavy atom. The number of hydrogen-bond acceptors (Lipinski definition) is 4. The van der Waals surface area contributed by atoms with Gasteiger partial charge < -0.3 is 19.7 Å². The second kappa shape index (κ2) is 9.11. The third kappa shape index (κ3) is 5.24. The molecular formula is C19H22ClN3O2. The predicted octanol–water partition coefficient (Wildman–Crippen LogP) is 3.36. The molecule has 6 heteroatoms. The van der Waals surface area contributed by atoms with Gasteiger partial charge in [-0.2, -0.15) is 0 Å². The summed E-state index contributed by atoms with van der Waals surface area (Å²) in [6.07, 6.45) is 5.56. The molecule has 1 heterocycles. The molecule has 0 unspecified atom stereocenters. The Morgan fingerprint density at radius 3 is 2.36 bits per heavy atom. The van der Waals surface area contributed by atoms with Crippen molar-refractivity contribution in [2.75, 3.05) is 7.11 Å². The number of rotatable bonds is 7. The highest BCUT2D eigenvalue weighted by atomic mass is 35.5. The highest BCUT2D eigenvalue weighted by Gasteiger charge is 2.02. The first kappa shape index (κ1) is 18.8. The molecule has 2 N–H and O–H groups in total. The molecule has 0 aliphatic carbocycles. The van der Waals surface area contributed by atoms with Gasteiger partial charge in [0.15, 0.2) is 11.5 Å². The lowest BCUT2D eigenvalue weighted by molar-refractivity contribution is 0.373. The maximum Gasteiger partial charge on any atom is 0.160 e. The maximum atomic E-state index is 9.78. The summed E-state index contributed by atoms with van der Waals surface area (Å²) in [4.78, 5) is 4.05. The fourth-order valence-electron chi connectivity index (χ4n) is 2.55. The van der Waals surface area contributed by atoms with Crippen LogP contribution in [0.4, 0.5) is 0 Å². The van der Waals surface area contributed by atoms with E-state index in [9.17, 15) is 5.11 Å². The number of phenolic OH excluding ortho intramolecular Hbond substituents is 1. The van der Waals surface area contributed by atoms with Crippen LogP contribution >= 0.6 is 12.4 Å². The van der Waals surface area contributed by atoms with Crippen LogP contribution in [0.15, 0.2) is 61.2 Å². The summed E-state index contributed by atoms with van der Waals surface area (Å²) in [7, 11) is 1.55. The molecule has 132 valence electrons. The summed E-state index contributed by atoms with van der Waals surface area (Å²) in [6.45, 7) is 2.30. The van der Waals surface area contributed by atoms with Crippen LogP contribution in [0.5, 0.6) is 11.5 Å². The molecule has 0 fully saturated rings. The lowest BCUT2D eigenvalue weighted by Gasteiger charge is -2.09. The first-order valence-corrected chi connectivity index (χ1v) is 7.85. The van der Waals surface area contributed by atoms with E-state index in [1.54, 1.807) is 25.4 Å². The minimum Gasteiger partial charge on any atom is -0.504 e. The van der Waals surface area contributed by atoms with Gasteiger partial charge in [0.05, 0.1) is 13.4 Å². The smallest absolute Gasteiger partial charge is 0.160 e. The average molecular weight is 360 g/mol. The van der Waals surface area contributed by atoms with E-state index in [2.05, 4.69) is 34.6 Å². The van der Waals surface area contributed by atoms with Crippen molar-refractivity contribution in [2.45, 2.75) is 19.6 Å². The zero-order valence-electron chi connectivity index (χ0n) is 14.1. The standard InChI is InChI=1S/C19H21N3O2.ClH/c1-24-19-7-6-17(10-18(19)23)12-21-11-15-2-4-16(5-3-15)13-22-9-8-20-14-22;/h2-10,14,21,23H,11-13H2,1H3;1H.